The van der Waals surface area contributed by atoms with Crippen molar-refractivity contribution in [3.63, 3.8) is 0 Å². The number of phenolic OH excluding ortho intramolecular Hbond substituents is 1. The molecule has 1 N–H and O–H groups in total. The SMILES string of the molecule is CC1=CC[C@H]([C@H](C)Cc2ccc(O)cc2)CC1. The van der Waals surface area contributed by atoms with Crippen molar-refractivity contribution in [2.75, 3.05) is 0 Å². The molecule has 0 radical (unpaired) electrons. The number of rotatable bonds is 3. The van der Waals surface area contributed by atoms with Crippen LogP contribution in [0.1, 0.15) is 38.7 Å². The van der Waals surface area contributed by atoms with E-state index in [-0.39, 0.29) is 0 Å². The summed E-state index contributed by atoms with van der Waals surface area (Å²) < 4.78 is 0. The van der Waals surface area contributed by atoms with E-state index in [1.54, 1.807) is 17.7 Å². The van der Waals surface area contributed by atoms with E-state index in [1.807, 2.05) is 12.1 Å². The van der Waals surface area contributed by atoms with Crippen molar-refractivity contribution in [1.29, 1.82) is 0 Å². The van der Waals surface area contributed by atoms with E-state index >= 15 is 0 Å². The Labute approximate surface area is 104 Å². The average molecular weight is 230 g/mol. The summed E-state index contributed by atoms with van der Waals surface area (Å²) >= 11 is 0. The second-order valence-electron chi connectivity index (χ2n) is 5.43. The quantitative estimate of drug-likeness (QED) is 0.767. The normalized spacial score (nSPS) is 22.0. The summed E-state index contributed by atoms with van der Waals surface area (Å²) in [7, 11) is 0. The molecule has 0 saturated carbocycles. The first-order valence-corrected chi connectivity index (χ1v) is 6.58. The molecule has 0 aliphatic heterocycles. The lowest BCUT2D eigenvalue weighted by Crippen LogP contribution is -2.16. The molecule has 17 heavy (non-hydrogen) atoms. The van der Waals surface area contributed by atoms with Crippen molar-refractivity contribution in [2.24, 2.45) is 11.8 Å². The lowest BCUT2D eigenvalue weighted by molar-refractivity contribution is 0.325. The molecule has 92 valence electrons. The van der Waals surface area contributed by atoms with Crippen LogP contribution in [0.4, 0.5) is 0 Å². The van der Waals surface area contributed by atoms with Gasteiger partial charge < -0.3 is 5.11 Å². The second kappa shape index (κ2) is 5.39. The van der Waals surface area contributed by atoms with Gasteiger partial charge in [-0.3, -0.25) is 0 Å². The van der Waals surface area contributed by atoms with Crippen LogP contribution < -0.4 is 0 Å². The summed E-state index contributed by atoms with van der Waals surface area (Å²) in [4.78, 5) is 0. The van der Waals surface area contributed by atoms with Gasteiger partial charge in [0, 0.05) is 0 Å². The van der Waals surface area contributed by atoms with Crippen molar-refractivity contribution in [1.82, 2.24) is 0 Å². The molecule has 1 aliphatic rings. The minimum atomic E-state index is 0.359. The topological polar surface area (TPSA) is 20.2 Å². The smallest absolute Gasteiger partial charge is 0.115 e. The van der Waals surface area contributed by atoms with E-state index in [4.69, 9.17) is 0 Å². The molecule has 1 aliphatic carbocycles. The van der Waals surface area contributed by atoms with Crippen molar-refractivity contribution in [3.05, 3.63) is 41.5 Å². The zero-order valence-corrected chi connectivity index (χ0v) is 10.8. The summed E-state index contributed by atoms with van der Waals surface area (Å²) in [5.74, 6) is 1.91. The van der Waals surface area contributed by atoms with E-state index < -0.39 is 0 Å². The maximum absolute atomic E-state index is 9.26. The second-order valence-corrected chi connectivity index (χ2v) is 5.43. The minimum Gasteiger partial charge on any atom is -0.508 e. The monoisotopic (exact) mass is 230 g/mol. The zero-order valence-electron chi connectivity index (χ0n) is 10.8. The van der Waals surface area contributed by atoms with E-state index in [1.165, 1.54) is 24.8 Å². The Morgan fingerprint density at radius 3 is 2.59 bits per heavy atom. The number of aromatic hydroxyl groups is 1. The number of phenols is 1. The zero-order chi connectivity index (χ0) is 12.3. The molecule has 1 heteroatoms. The first-order valence-electron chi connectivity index (χ1n) is 6.58. The Bertz CT molecular complexity index is 388. The van der Waals surface area contributed by atoms with E-state index in [2.05, 4.69) is 19.9 Å². The minimum absolute atomic E-state index is 0.359. The van der Waals surface area contributed by atoms with Crippen LogP contribution in [0.2, 0.25) is 0 Å². The van der Waals surface area contributed by atoms with Gasteiger partial charge in [0.15, 0.2) is 0 Å². The number of benzene rings is 1. The van der Waals surface area contributed by atoms with Crippen LogP contribution in [-0.4, -0.2) is 5.11 Å². The van der Waals surface area contributed by atoms with Gasteiger partial charge in [-0.05, 0) is 62.1 Å². The molecule has 2 rings (SSSR count). The summed E-state index contributed by atoms with van der Waals surface area (Å²) in [6, 6.07) is 7.64. The molecular formula is C16H22O. The third-order valence-corrected chi connectivity index (χ3v) is 3.98. The highest BCUT2D eigenvalue weighted by Gasteiger charge is 2.19. The van der Waals surface area contributed by atoms with Gasteiger partial charge in [0.25, 0.3) is 0 Å². The van der Waals surface area contributed by atoms with E-state index in [9.17, 15) is 5.11 Å². The van der Waals surface area contributed by atoms with Gasteiger partial charge in [0.2, 0.25) is 0 Å². The highest BCUT2D eigenvalue weighted by molar-refractivity contribution is 5.26. The molecule has 1 aromatic carbocycles. The fourth-order valence-corrected chi connectivity index (χ4v) is 2.67. The highest BCUT2D eigenvalue weighted by Crippen LogP contribution is 2.31. The number of allylic oxidation sites excluding steroid dienone is 2. The number of hydrogen-bond acceptors (Lipinski definition) is 1. The van der Waals surface area contributed by atoms with Crippen LogP contribution in [0.3, 0.4) is 0 Å². The predicted molar refractivity (Wildman–Crippen MR) is 72.1 cm³/mol. The Morgan fingerprint density at radius 2 is 2.00 bits per heavy atom. The lowest BCUT2D eigenvalue weighted by atomic mass is 9.79. The molecule has 0 saturated heterocycles. The molecular weight excluding hydrogens is 208 g/mol. The third-order valence-electron chi connectivity index (χ3n) is 3.98. The van der Waals surface area contributed by atoms with Crippen molar-refractivity contribution < 1.29 is 5.11 Å². The molecule has 0 spiro atoms. The van der Waals surface area contributed by atoms with Crippen LogP contribution in [0.25, 0.3) is 0 Å². The summed E-state index contributed by atoms with van der Waals surface area (Å²) in [6.07, 6.45) is 7.37. The fraction of sp³-hybridized carbons (Fsp3) is 0.500. The van der Waals surface area contributed by atoms with Crippen LogP contribution >= 0.6 is 0 Å². The molecule has 1 aromatic rings. The van der Waals surface area contributed by atoms with Gasteiger partial charge >= 0.3 is 0 Å². The Balaban J connectivity index is 1.93. The van der Waals surface area contributed by atoms with Crippen LogP contribution in [0.15, 0.2) is 35.9 Å². The molecule has 0 heterocycles. The maximum Gasteiger partial charge on any atom is 0.115 e. The fourth-order valence-electron chi connectivity index (χ4n) is 2.67. The molecule has 1 nitrogen and oxygen atoms in total. The molecule has 0 amide bonds. The summed E-state index contributed by atoms with van der Waals surface area (Å²) in [5.41, 5.74) is 2.89. The largest absolute Gasteiger partial charge is 0.508 e. The van der Waals surface area contributed by atoms with Gasteiger partial charge in [-0.25, -0.2) is 0 Å². The predicted octanol–water partition coefficient (Wildman–Crippen LogP) is 4.32. The molecule has 0 fully saturated rings. The van der Waals surface area contributed by atoms with Crippen LogP contribution in [0.5, 0.6) is 5.75 Å². The van der Waals surface area contributed by atoms with Gasteiger partial charge in [-0.15, -0.1) is 0 Å². The maximum atomic E-state index is 9.26. The van der Waals surface area contributed by atoms with Gasteiger partial charge in [0.05, 0.1) is 0 Å². The van der Waals surface area contributed by atoms with Gasteiger partial charge in [-0.1, -0.05) is 30.7 Å². The third kappa shape index (κ3) is 3.36. The molecule has 0 unspecified atom stereocenters. The highest BCUT2D eigenvalue weighted by atomic mass is 16.3. The van der Waals surface area contributed by atoms with Crippen LogP contribution in [-0.2, 0) is 6.42 Å². The molecule has 0 aromatic heterocycles. The molecule has 0 bridgehead atoms. The van der Waals surface area contributed by atoms with Gasteiger partial charge in [0.1, 0.15) is 5.75 Å². The van der Waals surface area contributed by atoms with Crippen molar-refractivity contribution in [3.8, 4) is 5.75 Å². The Morgan fingerprint density at radius 1 is 1.29 bits per heavy atom. The van der Waals surface area contributed by atoms with Crippen molar-refractivity contribution >= 4 is 0 Å². The standard InChI is InChI=1S/C16H22O/c1-12-3-7-15(8-4-12)13(2)11-14-5-9-16(17)10-6-14/h3,5-6,9-10,13,15,17H,4,7-8,11H2,1-2H3/t13-,15+/m1/s1. The first-order chi connectivity index (χ1) is 8.15. The van der Waals surface area contributed by atoms with Crippen LogP contribution in [0, 0.1) is 11.8 Å². The van der Waals surface area contributed by atoms with Gasteiger partial charge in [-0.2, -0.15) is 0 Å². The van der Waals surface area contributed by atoms with Crippen molar-refractivity contribution in [2.45, 2.75) is 39.5 Å². The molecule has 2 atom stereocenters. The average Bonchev–Trinajstić information content (AvgIpc) is 2.33. The van der Waals surface area contributed by atoms with E-state index in [0.29, 0.717) is 5.75 Å². The Hall–Kier alpha value is -1.24. The Kier molecular flexibility index (Phi) is 3.88. The lowest BCUT2D eigenvalue weighted by Gasteiger charge is -2.26. The first kappa shape index (κ1) is 12.2. The summed E-state index contributed by atoms with van der Waals surface area (Å²) in [6.45, 7) is 4.59. The summed E-state index contributed by atoms with van der Waals surface area (Å²) in [5, 5.41) is 9.26. The number of hydrogen-bond donors (Lipinski definition) is 1. The van der Waals surface area contributed by atoms with E-state index in [0.717, 1.165) is 18.3 Å².